The first-order chi connectivity index (χ1) is 12.9. The molecule has 3 aromatic carbocycles. The van der Waals surface area contributed by atoms with Crippen LogP contribution in [0.5, 0.6) is 0 Å². The quantitative estimate of drug-likeness (QED) is 0.354. The van der Waals surface area contributed by atoms with Crippen molar-refractivity contribution in [2.45, 2.75) is 32.4 Å². The van der Waals surface area contributed by atoms with E-state index in [-0.39, 0.29) is 5.56 Å². The van der Waals surface area contributed by atoms with Crippen molar-refractivity contribution < 1.29 is 17.6 Å². The normalized spacial score (nSPS) is 11.3. The topological polar surface area (TPSA) is 0 Å². The minimum absolute atomic E-state index is 0.226. The van der Waals surface area contributed by atoms with Crippen LogP contribution in [-0.4, -0.2) is 0 Å². The number of halogens is 4. The molecule has 0 saturated carbocycles. The lowest BCUT2D eigenvalue weighted by Crippen LogP contribution is -2.04. The van der Waals surface area contributed by atoms with Crippen LogP contribution in [-0.2, 0) is 12.6 Å². The van der Waals surface area contributed by atoms with Gasteiger partial charge in [-0.15, -0.1) is 0 Å². The fraction of sp³-hybridized carbons (Fsp3) is 0.217. The largest absolute Gasteiger partial charge is 0.416 e. The minimum Gasteiger partial charge on any atom is -0.205 e. The number of aryl methyl sites for hydroxylation is 1. The lowest BCUT2D eigenvalue weighted by molar-refractivity contribution is -0.137. The van der Waals surface area contributed by atoms with Crippen molar-refractivity contribution in [2.75, 3.05) is 0 Å². The van der Waals surface area contributed by atoms with Gasteiger partial charge in [0.1, 0.15) is 5.82 Å². The molecule has 27 heavy (non-hydrogen) atoms. The van der Waals surface area contributed by atoms with E-state index in [1.54, 1.807) is 12.1 Å². The van der Waals surface area contributed by atoms with Gasteiger partial charge in [0.05, 0.1) is 11.1 Å². The zero-order valence-corrected chi connectivity index (χ0v) is 14.8. The fourth-order valence-electron chi connectivity index (χ4n) is 2.86. The van der Waals surface area contributed by atoms with E-state index in [4.69, 9.17) is 0 Å². The average Bonchev–Trinajstić information content (AvgIpc) is 2.65. The highest BCUT2D eigenvalue weighted by atomic mass is 19.4. The summed E-state index contributed by atoms with van der Waals surface area (Å²) in [5.41, 5.74) is 1.07. The van der Waals surface area contributed by atoms with Crippen LogP contribution in [0, 0.1) is 17.7 Å². The molecule has 0 saturated heterocycles. The number of alkyl halides is 3. The summed E-state index contributed by atoms with van der Waals surface area (Å²) in [7, 11) is 0. The second-order valence-electron chi connectivity index (χ2n) is 6.41. The van der Waals surface area contributed by atoms with Gasteiger partial charge in [-0.05, 0) is 54.1 Å². The Bertz CT molecular complexity index is 1000. The number of hydrogen-bond acceptors (Lipinski definition) is 0. The van der Waals surface area contributed by atoms with Gasteiger partial charge >= 0.3 is 6.18 Å². The van der Waals surface area contributed by atoms with E-state index < -0.39 is 17.6 Å². The smallest absolute Gasteiger partial charge is 0.205 e. The minimum atomic E-state index is -4.38. The van der Waals surface area contributed by atoms with E-state index in [0.29, 0.717) is 10.9 Å². The lowest BCUT2D eigenvalue weighted by Gasteiger charge is -2.06. The second-order valence-corrected chi connectivity index (χ2v) is 6.41. The highest BCUT2D eigenvalue weighted by Gasteiger charge is 2.29. The van der Waals surface area contributed by atoms with E-state index in [0.717, 1.165) is 36.8 Å². The zero-order chi connectivity index (χ0) is 19.4. The maximum absolute atomic E-state index is 14.7. The molecular formula is C23H18F4. The van der Waals surface area contributed by atoms with Crippen LogP contribution >= 0.6 is 0 Å². The molecule has 0 aliphatic rings. The molecule has 0 fully saturated rings. The van der Waals surface area contributed by atoms with Gasteiger partial charge in [0, 0.05) is 10.9 Å². The Balaban J connectivity index is 1.88. The van der Waals surface area contributed by atoms with Gasteiger partial charge < -0.3 is 0 Å². The summed E-state index contributed by atoms with van der Waals surface area (Å²) in [6, 6.07) is 13.6. The SMILES string of the molecule is CCCCc1ccc2c(F)c(C#Cc3ccc(C(F)(F)F)cc3)ccc2c1. The van der Waals surface area contributed by atoms with Gasteiger partial charge in [-0.1, -0.05) is 49.5 Å². The summed E-state index contributed by atoms with van der Waals surface area (Å²) in [4.78, 5) is 0. The van der Waals surface area contributed by atoms with Crippen LogP contribution in [0.15, 0.2) is 54.6 Å². The van der Waals surface area contributed by atoms with E-state index >= 15 is 0 Å². The Morgan fingerprint density at radius 3 is 2.30 bits per heavy atom. The Hall–Kier alpha value is -2.80. The van der Waals surface area contributed by atoms with Gasteiger partial charge in [0.15, 0.2) is 0 Å². The molecule has 0 heterocycles. The number of unbranched alkanes of at least 4 members (excludes halogenated alkanes) is 1. The van der Waals surface area contributed by atoms with Crippen LogP contribution in [0.25, 0.3) is 10.8 Å². The molecule has 4 heteroatoms. The van der Waals surface area contributed by atoms with E-state index in [1.165, 1.54) is 17.7 Å². The van der Waals surface area contributed by atoms with Crippen molar-refractivity contribution in [3.05, 3.63) is 82.7 Å². The van der Waals surface area contributed by atoms with Crippen molar-refractivity contribution in [3.8, 4) is 11.8 Å². The van der Waals surface area contributed by atoms with Gasteiger partial charge in [-0.3, -0.25) is 0 Å². The van der Waals surface area contributed by atoms with Crippen LogP contribution in [0.4, 0.5) is 17.6 Å². The summed E-state index contributed by atoms with van der Waals surface area (Å²) in [6.45, 7) is 2.13. The summed E-state index contributed by atoms with van der Waals surface area (Å²) >= 11 is 0. The Labute approximate surface area is 155 Å². The molecular weight excluding hydrogens is 352 g/mol. The fourth-order valence-corrected chi connectivity index (χ4v) is 2.86. The number of hydrogen-bond donors (Lipinski definition) is 0. The predicted octanol–water partition coefficient (Wildman–Crippen LogP) is 6.74. The second kappa shape index (κ2) is 7.84. The molecule has 0 aromatic heterocycles. The molecule has 0 nitrogen and oxygen atoms in total. The van der Waals surface area contributed by atoms with Crippen LogP contribution in [0.2, 0.25) is 0 Å². The molecule has 0 N–H and O–H groups in total. The molecule has 0 bridgehead atoms. The molecule has 0 atom stereocenters. The van der Waals surface area contributed by atoms with Crippen molar-refractivity contribution in [2.24, 2.45) is 0 Å². The standard InChI is InChI=1S/C23H18F4/c1-2-3-4-17-8-14-21-19(15-17)11-10-18(22(21)24)9-5-16-6-12-20(13-7-16)23(25,26)27/h6-8,10-15H,2-4H2,1H3. The molecule has 0 radical (unpaired) electrons. The third-order valence-electron chi connectivity index (χ3n) is 4.39. The molecule has 0 aliphatic heterocycles. The van der Waals surface area contributed by atoms with E-state index in [2.05, 4.69) is 18.8 Å². The summed E-state index contributed by atoms with van der Waals surface area (Å²) in [5, 5.41) is 1.32. The maximum atomic E-state index is 14.7. The first-order valence-electron chi connectivity index (χ1n) is 8.79. The van der Waals surface area contributed by atoms with E-state index in [9.17, 15) is 17.6 Å². The highest BCUT2D eigenvalue weighted by molar-refractivity contribution is 5.85. The van der Waals surface area contributed by atoms with Crippen LogP contribution in [0.3, 0.4) is 0 Å². The first-order valence-corrected chi connectivity index (χ1v) is 8.79. The molecule has 0 unspecified atom stereocenters. The summed E-state index contributed by atoms with van der Waals surface area (Å²) in [6.07, 6.45) is -1.23. The van der Waals surface area contributed by atoms with Crippen LogP contribution in [0.1, 0.15) is 42.0 Å². The van der Waals surface area contributed by atoms with Crippen molar-refractivity contribution >= 4 is 10.8 Å². The summed E-state index contributed by atoms with van der Waals surface area (Å²) < 4.78 is 52.5. The molecule has 3 rings (SSSR count). The number of fused-ring (bicyclic) bond motifs is 1. The maximum Gasteiger partial charge on any atom is 0.416 e. The lowest BCUT2D eigenvalue weighted by atomic mass is 10.0. The zero-order valence-electron chi connectivity index (χ0n) is 14.8. The first kappa shape index (κ1) is 19.0. The third-order valence-corrected chi connectivity index (χ3v) is 4.39. The Morgan fingerprint density at radius 2 is 1.63 bits per heavy atom. The van der Waals surface area contributed by atoms with Gasteiger partial charge in [0.25, 0.3) is 0 Å². The van der Waals surface area contributed by atoms with Crippen molar-refractivity contribution in [1.82, 2.24) is 0 Å². The monoisotopic (exact) mass is 370 g/mol. The summed E-state index contributed by atoms with van der Waals surface area (Å²) in [5.74, 6) is 5.04. The molecule has 0 aliphatic carbocycles. The van der Waals surface area contributed by atoms with Crippen LogP contribution < -0.4 is 0 Å². The van der Waals surface area contributed by atoms with Gasteiger partial charge in [-0.2, -0.15) is 13.2 Å². The molecule has 0 spiro atoms. The van der Waals surface area contributed by atoms with Gasteiger partial charge in [0.2, 0.25) is 0 Å². The Morgan fingerprint density at radius 1 is 0.889 bits per heavy atom. The highest BCUT2D eigenvalue weighted by Crippen LogP contribution is 2.29. The van der Waals surface area contributed by atoms with E-state index in [1.807, 2.05) is 18.2 Å². The molecule has 3 aromatic rings. The Kier molecular flexibility index (Phi) is 5.51. The van der Waals surface area contributed by atoms with Crippen molar-refractivity contribution in [3.63, 3.8) is 0 Å². The molecule has 0 amide bonds. The van der Waals surface area contributed by atoms with Crippen molar-refractivity contribution in [1.29, 1.82) is 0 Å². The number of benzene rings is 3. The molecule has 138 valence electrons. The average molecular weight is 370 g/mol. The number of rotatable bonds is 3. The predicted molar refractivity (Wildman–Crippen MR) is 99.9 cm³/mol. The third kappa shape index (κ3) is 4.49. The van der Waals surface area contributed by atoms with Gasteiger partial charge in [-0.25, -0.2) is 4.39 Å².